The van der Waals surface area contributed by atoms with Crippen LogP contribution < -0.4 is 10.6 Å². The molecule has 0 aliphatic carbocycles. The van der Waals surface area contributed by atoms with Crippen molar-refractivity contribution in [2.75, 3.05) is 23.7 Å². The van der Waals surface area contributed by atoms with Crippen LogP contribution in [0.1, 0.15) is 12.8 Å². The van der Waals surface area contributed by atoms with Crippen LogP contribution in [0.25, 0.3) is 0 Å². The molecule has 0 bridgehead atoms. The molecular formula is C22H23N3O3S2. The van der Waals surface area contributed by atoms with Gasteiger partial charge in [0.05, 0.1) is 5.92 Å². The number of nitrogens with zero attached hydrogens (tertiary/aromatic N) is 1. The lowest BCUT2D eigenvalue weighted by Crippen LogP contribution is -2.43. The zero-order chi connectivity index (χ0) is 21.0. The fourth-order valence-electron chi connectivity index (χ4n) is 3.48. The summed E-state index contributed by atoms with van der Waals surface area (Å²) in [5.41, 5.74) is 2.60. The van der Waals surface area contributed by atoms with E-state index in [-0.39, 0.29) is 18.4 Å². The summed E-state index contributed by atoms with van der Waals surface area (Å²) in [6, 6.07) is 20.7. The lowest BCUT2D eigenvalue weighted by Gasteiger charge is -2.30. The number of thiophene rings is 1. The van der Waals surface area contributed by atoms with E-state index in [1.54, 1.807) is 17.5 Å². The summed E-state index contributed by atoms with van der Waals surface area (Å²) < 4.78 is 27.3. The standard InChI is InChI=1S/C22H23N3O3S2/c26-22(17-6-4-14-25(16-17)30(27,28)21-9-5-15-29-21)24-20-12-10-19(11-13-20)23-18-7-2-1-3-8-18/h1-3,5,7-13,15,17,23H,4,6,14,16H2,(H,24,26)/t17-/m0/s1. The van der Waals surface area contributed by atoms with Crippen molar-refractivity contribution in [1.29, 1.82) is 0 Å². The molecule has 0 spiro atoms. The van der Waals surface area contributed by atoms with Crippen molar-refractivity contribution in [3.05, 3.63) is 72.1 Å². The molecule has 8 heteroatoms. The van der Waals surface area contributed by atoms with E-state index in [0.717, 1.165) is 11.4 Å². The van der Waals surface area contributed by atoms with E-state index in [9.17, 15) is 13.2 Å². The van der Waals surface area contributed by atoms with Gasteiger partial charge in [0.15, 0.2) is 0 Å². The van der Waals surface area contributed by atoms with Crippen molar-refractivity contribution >= 4 is 44.3 Å². The number of anilines is 3. The maximum atomic E-state index is 12.8. The van der Waals surface area contributed by atoms with Crippen molar-refractivity contribution in [2.24, 2.45) is 5.92 Å². The van der Waals surface area contributed by atoms with Gasteiger partial charge in [0.2, 0.25) is 5.91 Å². The van der Waals surface area contributed by atoms with E-state index < -0.39 is 10.0 Å². The van der Waals surface area contributed by atoms with E-state index in [4.69, 9.17) is 0 Å². The van der Waals surface area contributed by atoms with Gasteiger partial charge in [0, 0.05) is 30.2 Å². The number of amides is 1. The molecule has 1 aliphatic rings. The first-order valence-electron chi connectivity index (χ1n) is 9.79. The predicted octanol–water partition coefficient (Wildman–Crippen LogP) is 4.53. The second-order valence-corrected chi connectivity index (χ2v) is 10.3. The van der Waals surface area contributed by atoms with E-state index in [1.807, 2.05) is 54.6 Å². The predicted molar refractivity (Wildman–Crippen MR) is 121 cm³/mol. The minimum atomic E-state index is -3.53. The van der Waals surface area contributed by atoms with E-state index in [0.29, 0.717) is 29.3 Å². The average molecular weight is 442 g/mol. The zero-order valence-corrected chi connectivity index (χ0v) is 18.0. The molecule has 30 heavy (non-hydrogen) atoms. The van der Waals surface area contributed by atoms with Gasteiger partial charge < -0.3 is 10.6 Å². The van der Waals surface area contributed by atoms with Crippen LogP contribution in [-0.4, -0.2) is 31.7 Å². The highest BCUT2D eigenvalue weighted by Crippen LogP contribution is 2.27. The highest BCUT2D eigenvalue weighted by Gasteiger charge is 2.33. The lowest BCUT2D eigenvalue weighted by molar-refractivity contribution is -0.120. The third kappa shape index (κ3) is 4.72. The smallest absolute Gasteiger partial charge is 0.252 e. The second-order valence-electron chi connectivity index (χ2n) is 7.19. The average Bonchev–Trinajstić information content (AvgIpc) is 3.32. The third-order valence-corrected chi connectivity index (χ3v) is 8.30. The molecule has 1 amide bonds. The number of carbonyl (C=O) groups excluding carboxylic acids is 1. The Hall–Kier alpha value is -2.68. The Labute approximate surface area is 180 Å². The molecule has 2 N–H and O–H groups in total. The van der Waals surface area contributed by atoms with Gasteiger partial charge in [-0.15, -0.1) is 11.3 Å². The quantitative estimate of drug-likeness (QED) is 0.589. The van der Waals surface area contributed by atoms with E-state index in [2.05, 4.69) is 10.6 Å². The Kier molecular flexibility index (Phi) is 6.17. The number of benzene rings is 2. The van der Waals surface area contributed by atoms with Gasteiger partial charge in [0.1, 0.15) is 4.21 Å². The van der Waals surface area contributed by atoms with Gasteiger partial charge in [-0.25, -0.2) is 8.42 Å². The molecule has 0 radical (unpaired) electrons. The van der Waals surface area contributed by atoms with Crippen LogP contribution >= 0.6 is 11.3 Å². The lowest BCUT2D eigenvalue weighted by atomic mass is 9.98. The Morgan fingerprint density at radius 1 is 0.933 bits per heavy atom. The fourth-order valence-corrected chi connectivity index (χ4v) is 6.15. The summed E-state index contributed by atoms with van der Waals surface area (Å²) in [6.45, 7) is 0.656. The molecule has 0 unspecified atom stereocenters. The van der Waals surface area contributed by atoms with Gasteiger partial charge in [-0.2, -0.15) is 4.31 Å². The number of sulfonamides is 1. The molecule has 6 nitrogen and oxygen atoms in total. The number of carbonyl (C=O) groups is 1. The minimum Gasteiger partial charge on any atom is -0.356 e. The van der Waals surface area contributed by atoms with Gasteiger partial charge in [-0.3, -0.25) is 4.79 Å². The summed E-state index contributed by atoms with van der Waals surface area (Å²) in [7, 11) is -3.53. The van der Waals surface area contributed by atoms with Gasteiger partial charge >= 0.3 is 0 Å². The molecule has 1 atom stereocenters. The maximum Gasteiger partial charge on any atom is 0.252 e. The first-order chi connectivity index (χ1) is 14.5. The summed E-state index contributed by atoms with van der Waals surface area (Å²) >= 11 is 1.20. The van der Waals surface area contributed by atoms with Crippen LogP contribution in [0, 0.1) is 5.92 Å². The number of para-hydroxylation sites is 1. The normalized spacial score (nSPS) is 17.4. The van der Waals surface area contributed by atoms with Crippen LogP contribution in [0.15, 0.2) is 76.3 Å². The van der Waals surface area contributed by atoms with E-state index >= 15 is 0 Å². The molecule has 156 valence electrons. The molecule has 1 saturated heterocycles. The maximum absolute atomic E-state index is 12.8. The van der Waals surface area contributed by atoms with Crippen molar-refractivity contribution in [3.63, 3.8) is 0 Å². The highest BCUT2D eigenvalue weighted by molar-refractivity contribution is 7.91. The minimum absolute atomic E-state index is 0.148. The topological polar surface area (TPSA) is 78.5 Å². The van der Waals surface area contributed by atoms with Crippen LogP contribution in [-0.2, 0) is 14.8 Å². The fraction of sp³-hybridized carbons (Fsp3) is 0.227. The van der Waals surface area contributed by atoms with Crippen molar-refractivity contribution in [2.45, 2.75) is 17.1 Å². The first kappa shape index (κ1) is 20.6. The van der Waals surface area contributed by atoms with Gasteiger partial charge in [-0.05, 0) is 60.7 Å². The molecule has 2 heterocycles. The van der Waals surface area contributed by atoms with Gasteiger partial charge in [-0.1, -0.05) is 24.3 Å². The summed E-state index contributed by atoms with van der Waals surface area (Å²) in [4.78, 5) is 12.8. The molecule has 3 aromatic rings. The first-order valence-corrected chi connectivity index (χ1v) is 12.1. The summed E-state index contributed by atoms with van der Waals surface area (Å²) in [6.07, 6.45) is 1.35. The number of rotatable bonds is 6. The van der Waals surface area contributed by atoms with Gasteiger partial charge in [0.25, 0.3) is 10.0 Å². The number of hydrogen-bond acceptors (Lipinski definition) is 5. The molecule has 0 saturated carbocycles. The molecule has 1 aliphatic heterocycles. The monoisotopic (exact) mass is 441 g/mol. The van der Waals surface area contributed by atoms with Crippen LogP contribution in [0.5, 0.6) is 0 Å². The zero-order valence-electron chi connectivity index (χ0n) is 16.3. The molecule has 1 aromatic heterocycles. The second kappa shape index (κ2) is 8.99. The highest BCUT2D eigenvalue weighted by atomic mass is 32.2. The molecule has 4 rings (SSSR count). The molecule has 1 fully saturated rings. The van der Waals surface area contributed by atoms with Crippen LogP contribution in [0.3, 0.4) is 0 Å². The number of nitrogens with one attached hydrogen (secondary N) is 2. The van der Waals surface area contributed by atoms with Crippen molar-refractivity contribution in [1.82, 2.24) is 4.31 Å². The molecular weight excluding hydrogens is 418 g/mol. The Balaban J connectivity index is 1.37. The largest absolute Gasteiger partial charge is 0.356 e. The Morgan fingerprint density at radius 3 is 2.33 bits per heavy atom. The van der Waals surface area contributed by atoms with Crippen molar-refractivity contribution < 1.29 is 13.2 Å². The van der Waals surface area contributed by atoms with Crippen molar-refractivity contribution in [3.8, 4) is 0 Å². The summed E-state index contributed by atoms with van der Waals surface area (Å²) in [5, 5.41) is 7.97. The number of hydrogen-bond donors (Lipinski definition) is 2. The third-order valence-electron chi connectivity index (χ3n) is 5.06. The summed E-state index contributed by atoms with van der Waals surface area (Å²) in [5.74, 6) is -0.513. The SMILES string of the molecule is O=C(Nc1ccc(Nc2ccccc2)cc1)[C@H]1CCCN(S(=O)(=O)c2cccs2)C1. The number of piperidine rings is 1. The Morgan fingerprint density at radius 2 is 1.63 bits per heavy atom. The molecule has 2 aromatic carbocycles. The van der Waals surface area contributed by atoms with E-state index in [1.165, 1.54) is 15.6 Å². The Bertz CT molecular complexity index is 1080. The van der Waals surface area contributed by atoms with Crippen LogP contribution in [0.2, 0.25) is 0 Å². The van der Waals surface area contributed by atoms with Crippen LogP contribution in [0.4, 0.5) is 17.1 Å².